The smallest absolute Gasteiger partial charge is 0.294 e. The minimum Gasteiger partial charge on any atom is -0.354 e. The van der Waals surface area contributed by atoms with Gasteiger partial charge in [0.1, 0.15) is 23.4 Å². The second-order valence-electron chi connectivity index (χ2n) is 2.97. The number of anilines is 1. The van der Waals surface area contributed by atoms with Crippen molar-refractivity contribution >= 4 is 34.6 Å². The molecule has 0 heterocycles. The van der Waals surface area contributed by atoms with E-state index in [9.17, 15) is 10.1 Å². The lowest BCUT2D eigenvalue weighted by atomic mass is 10.2. The quantitative estimate of drug-likeness (QED) is 0.521. The number of nitro groups is 1. The first-order chi connectivity index (χ1) is 8.49. The Morgan fingerprint density at radius 3 is 2.39 bits per heavy atom. The highest BCUT2D eigenvalue weighted by molar-refractivity contribution is 6.42. The summed E-state index contributed by atoms with van der Waals surface area (Å²) >= 11 is 11.4. The summed E-state index contributed by atoms with van der Waals surface area (Å²) in [5, 5.41) is 30.5. The highest BCUT2D eigenvalue weighted by Gasteiger charge is 2.16. The Morgan fingerprint density at radius 1 is 1.33 bits per heavy atom. The van der Waals surface area contributed by atoms with Crippen LogP contribution in [0.5, 0.6) is 0 Å². The summed E-state index contributed by atoms with van der Waals surface area (Å²) in [7, 11) is 0. The molecule has 0 atom stereocenters. The number of rotatable bonds is 3. The van der Waals surface area contributed by atoms with Gasteiger partial charge in [0.2, 0.25) is 0 Å². The van der Waals surface area contributed by atoms with Crippen LogP contribution in [0.2, 0.25) is 10.0 Å². The van der Waals surface area contributed by atoms with Crippen molar-refractivity contribution in [3.05, 3.63) is 44.1 Å². The van der Waals surface area contributed by atoms with Gasteiger partial charge in [0.05, 0.1) is 15.0 Å². The second-order valence-corrected chi connectivity index (χ2v) is 3.78. The predicted octanol–water partition coefficient (Wildman–Crippen LogP) is 3.24. The molecule has 1 rings (SSSR count). The number of nitrogens with one attached hydrogen (secondary N) is 1. The Bertz CT molecular complexity index is 598. The van der Waals surface area contributed by atoms with Gasteiger partial charge in [-0.25, -0.2) is 0 Å². The first-order valence-corrected chi connectivity index (χ1v) is 5.15. The molecule has 6 nitrogen and oxygen atoms in total. The maximum absolute atomic E-state index is 10.8. The normalized spacial score (nSPS) is 8.89. The fraction of sp³-hybridized carbons (Fsp3) is 0. The first-order valence-electron chi connectivity index (χ1n) is 4.40. The second kappa shape index (κ2) is 5.87. The minimum absolute atomic E-state index is 0.0393. The van der Waals surface area contributed by atoms with Gasteiger partial charge < -0.3 is 5.32 Å². The van der Waals surface area contributed by atoms with Crippen molar-refractivity contribution in [3.63, 3.8) is 0 Å². The molecule has 0 aliphatic rings. The highest BCUT2D eigenvalue weighted by atomic mass is 35.5. The average Bonchev–Trinajstić information content (AvgIpc) is 2.34. The molecule has 0 radical (unpaired) electrons. The molecule has 0 saturated carbocycles. The van der Waals surface area contributed by atoms with Gasteiger partial charge in [-0.1, -0.05) is 23.2 Å². The monoisotopic (exact) mass is 282 g/mol. The zero-order valence-electron chi connectivity index (χ0n) is 8.65. The van der Waals surface area contributed by atoms with E-state index in [4.69, 9.17) is 33.7 Å². The maximum Gasteiger partial charge on any atom is 0.294 e. The summed E-state index contributed by atoms with van der Waals surface area (Å²) < 4.78 is 0. The third-order valence-corrected chi connectivity index (χ3v) is 2.57. The van der Waals surface area contributed by atoms with E-state index in [-0.39, 0.29) is 27.0 Å². The molecule has 0 bridgehead atoms. The standard InChI is InChI=1S/C10H4Cl2N4O2/c11-7-1-9(15-5-6(3-13)4-14)10(16(17)18)2-8(7)12/h1-2,5,15H. The van der Waals surface area contributed by atoms with Crippen molar-refractivity contribution in [1.29, 1.82) is 10.5 Å². The van der Waals surface area contributed by atoms with E-state index < -0.39 is 4.92 Å². The lowest BCUT2D eigenvalue weighted by Gasteiger charge is -2.04. The highest BCUT2D eigenvalue weighted by Crippen LogP contribution is 2.33. The van der Waals surface area contributed by atoms with Crippen LogP contribution >= 0.6 is 23.2 Å². The number of hydrogen-bond acceptors (Lipinski definition) is 5. The number of hydrogen-bond donors (Lipinski definition) is 1. The van der Waals surface area contributed by atoms with Gasteiger partial charge in [0.15, 0.2) is 0 Å². The van der Waals surface area contributed by atoms with Crippen LogP contribution < -0.4 is 5.32 Å². The minimum atomic E-state index is -0.656. The van der Waals surface area contributed by atoms with Gasteiger partial charge in [-0.2, -0.15) is 10.5 Å². The van der Waals surface area contributed by atoms with Gasteiger partial charge >= 0.3 is 0 Å². The lowest BCUT2D eigenvalue weighted by Crippen LogP contribution is -1.97. The van der Waals surface area contributed by atoms with Gasteiger partial charge in [0, 0.05) is 12.3 Å². The molecule has 0 saturated heterocycles. The molecule has 8 heteroatoms. The fourth-order valence-electron chi connectivity index (χ4n) is 1.04. The van der Waals surface area contributed by atoms with Crippen molar-refractivity contribution in [2.24, 2.45) is 0 Å². The van der Waals surface area contributed by atoms with Crippen LogP contribution in [0.15, 0.2) is 23.9 Å². The van der Waals surface area contributed by atoms with Crippen molar-refractivity contribution < 1.29 is 4.92 Å². The molecule has 0 unspecified atom stereocenters. The van der Waals surface area contributed by atoms with Crippen LogP contribution in [0, 0.1) is 32.8 Å². The Balaban J connectivity index is 3.21. The van der Waals surface area contributed by atoms with E-state index in [0.717, 1.165) is 12.3 Å². The van der Waals surface area contributed by atoms with Crippen LogP contribution in [-0.4, -0.2) is 4.92 Å². The number of nitro benzene ring substituents is 1. The Kier molecular flexibility index (Phi) is 4.50. The molecule has 1 aromatic rings. The van der Waals surface area contributed by atoms with Crippen LogP contribution in [0.1, 0.15) is 0 Å². The molecular weight excluding hydrogens is 279 g/mol. The third kappa shape index (κ3) is 3.11. The van der Waals surface area contributed by atoms with E-state index in [0.29, 0.717) is 0 Å². The lowest BCUT2D eigenvalue weighted by molar-refractivity contribution is -0.383. The molecule has 0 amide bonds. The summed E-state index contributed by atoms with van der Waals surface area (Å²) in [6.07, 6.45) is 1.05. The summed E-state index contributed by atoms with van der Waals surface area (Å²) in [6, 6.07) is 5.53. The zero-order chi connectivity index (χ0) is 13.7. The molecule has 0 aromatic heterocycles. The number of nitriles is 2. The van der Waals surface area contributed by atoms with Gasteiger partial charge in [-0.15, -0.1) is 0 Å². The van der Waals surface area contributed by atoms with Gasteiger partial charge in [0.25, 0.3) is 5.69 Å². The Labute approximate surface area is 112 Å². The van der Waals surface area contributed by atoms with E-state index >= 15 is 0 Å². The Morgan fingerprint density at radius 2 is 1.89 bits per heavy atom. The summed E-state index contributed by atoms with van der Waals surface area (Å²) in [6.45, 7) is 0. The molecule has 0 spiro atoms. The van der Waals surface area contributed by atoms with Crippen molar-refractivity contribution in [1.82, 2.24) is 0 Å². The molecule has 18 heavy (non-hydrogen) atoms. The molecule has 0 aliphatic carbocycles. The third-order valence-electron chi connectivity index (χ3n) is 1.85. The van der Waals surface area contributed by atoms with Crippen molar-refractivity contribution in [2.45, 2.75) is 0 Å². The number of halogens is 2. The number of nitrogens with zero attached hydrogens (tertiary/aromatic N) is 3. The summed E-state index contributed by atoms with van der Waals surface area (Å²) in [5.41, 5.74) is -0.497. The van der Waals surface area contributed by atoms with E-state index in [1.807, 2.05) is 0 Å². The Hall–Kier alpha value is -2.28. The van der Waals surface area contributed by atoms with E-state index in [2.05, 4.69) is 5.32 Å². The van der Waals surface area contributed by atoms with Crippen molar-refractivity contribution in [3.8, 4) is 12.1 Å². The number of benzene rings is 1. The topological polar surface area (TPSA) is 103 Å². The van der Waals surface area contributed by atoms with E-state index in [1.165, 1.54) is 6.07 Å². The maximum atomic E-state index is 10.8. The zero-order valence-corrected chi connectivity index (χ0v) is 10.2. The summed E-state index contributed by atoms with van der Waals surface area (Å²) in [4.78, 5) is 10.1. The number of allylic oxidation sites excluding steroid dienone is 1. The fourth-order valence-corrected chi connectivity index (χ4v) is 1.36. The van der Waals surface area contributed by atoms with E-state index in [1.54, 1.807) is 12.1 Å². The van der Waals surface area contributed by atoms with Crippen LogP contribution in [-0.2, 0) is 0 Å². The molecule has 90 valence electrons. The van der Waals surface area contributed by atoms with Gasteiger partial charge in [-0.3, -0.25) is 10.1 Å². The summed E-state index contributed by atoms with van der Waals surface area (Å²) in [5.74, 6) is 0. The molecule has 0 aliphatic heterocycles. The van der Waals surface area contributed by atoms with Crippen molar-refractivity contribution in [2.75, 3.05) is 5.32 Å². The predicted molar refractivity (Wildman–Crippen MR) is 66.0 cm³/mol. The molecular formula is C10H4Cl2N4O2. The van der Waals surface area contributed by atoms with Crippen LogP contribution in [0.3, 0.4) is 0 Å². The average molecular weight is 283 g/mol. The molecule has 0 fully saturated rings. The molecule has 1 aromatic carbocycles. The first kappa shape index (κ1) is 13.8. The van der Waals surface area contributed by atoms with Crippen LogP contribution in [0.4, 0.5) is 11.4 Å². The molecule has 1 N–H and O–H groups in total. The largest absolute Gasteiger partial charge is 0.354 e. The van der Waals surface area contributed by atoms with Gasteiger partial charge in [-0.05, 0) is 6.07 Å². The SMILES string of the molecule is N#CC(C#N)=CNc1cc(Cl)c(Cl)cc1[N+](=O)[O-]. The van der Waals surface area contributed by atoms with Crippen LogP contribution in [0.25, 0.3) is 0 Å².